The van der Waals surface area contributed by atoms with E-state index in [-0.39, 0.29) is 20.1 Å². The molecule has 9 rings (SSSR count). The van der Waals surface area contributed by atoms with Crippen molar-refractivity contribution in [2.45, 2.75) is 25.7 Å². The van der Waals surface area contributed by atoms with Crippen molar-refractivity contribution in [3.05, 3.63) is 234 Å². The van der Waals surface area contributed by atoms with Gasteiger partial charge >= 0.3 is 20.1 Å². The molecule has 0 saturated carbocycles. The van der Waals surface area contributed by atoms with Gasteiger partial charge in [-0.15, -0.1) is 94.5 Å². The summed E-state index contributed by atoms with van der Waals surface area (Å²) in [5.41, 5.74) is 17.0. The zero-order valence-electron chi connectivity index (χ0n) is 34.2. The first-order valence-corrected chi connectivity index (χ1v) is 20.6. The van der Waals surface area contributed by atoms with E-state index < -0.39 is 0 Å². The first-order chi connectivity index (χ1) is 30.6. The molecule has 300 valence electrons. The predicted molar refractivity (Wildman–Crippen MR) is 246 cm³/mol. The number of pyridine rings is 3. The molecule has 6 aromatic carbocycles. The molecule has 0 atom stereocenters. The summed E-state index contributed by atoms with van der Waals surface area (Å²) in [6.07, 6.45) is 8.80. The molecule has 0 saturated heterocycles. The maximum absolute atomic E-state index is 9.96. The monoisotopic (exact) mass is 985 g/mol. The molecular weight excluding hydrogens is 947 g/mol. The minimum absolute atomic E-state index is 0. The number of nitrogens with zero attached hydrogens (tertiary/aromatic N) is 5. The Morgan fingerprint density at radius 3 is 1.32 bits per heavy atom. The third-order valence-electron chi connectivity index (χ3n) is 11.0. The standard InChI is InChI=1S/C57H38N5.Ir/c58-38-44-32-45(39-59)36-50(35-44)54-37-48(57-13-5-8-30-62-57)26-27-53(54)52-10-2-1-9-51(52)49-33-42(16-14-40-18-22-46(23-19-40)55-11-3-6-28-60-55)31-43(34-49)17-15-41-20-24-47(25-21-41)56-12-4-7-29-61-56;/h1-13,18-22,24,27-37H,14-17H2;/q-3;+3. The third-order valence-corrected chi connectivity index (χ3v) is 11.0. The van der Waals surface area contributed by atoms with E-state index in [2.05, 4.69) is 130 Å². The second kappa shape index (κ2) is 19.9. The molecule has 3 aromatic heterocycles. The zero-order valence-corrected chi connectivity index (χ0v) is 36.6. The number of rotatable bonds is 12. The molecule has 0 fully saturated rings. The first-order valence-electron chi connectivity index (χ1n) is 20.6. The van der Waals surface area contributed by atoms with Gasteiger partial charge in [0.25, 0.3) is 0 Å². The summed E-state index contributed by atoms with van der Waals surface area (Å²) in [5.74, 6) is 0. The molecule has 0 N–H and O–H groups in total. The van der Waals surface area contributed by atoms with E-state index in [0.717, 1.165) is 92.8 Å². The minimum atomic E-state index is 0. The van der Waals surface area contributed by atoms with Crippen LogP contribution in [0, 0.1) is 40.9 Å². The Kier molecular flexibility index (Phi) is 13.3. The van der Waals surface area contributed by atoms with E-state index in [4.69, 9.17) is 0 Å². The predicted octanol–water partition coefficient (Wildman–Crippen LogP) is 12.6. The number of hydrogen-bond donors (Lipinski definition) is 0. The molecule has 0 aliphatic heterocycles. The average molecular weight is 985 g/mol. The SMILES string of the molecule is N#Cc1cc(C#N)cc(-c2cc(-c3ccccn3)[c-]cc2-c2ccccc2-c2cc(CCc3c[c-]c(-c4ccccn4)cc3)cc(CCc3c[c-]c(-c4ccccn4)cc3)c2)c1.[Ir+3]. The van der Waals surface area contributed by atoms with Crippen molar-refractivity contribution >= 4 is 0 Å². The van der Waals surface area contributed by atoms with Gasteiger partial charge in [0.2, 0.25) is 0 Å². The number of benzene rings is 6. The van der Waals surface area contributed by atoms with Crippen LogP contribution in [0.2, 0.25) is 0 Å². The van der Waals surface area contributed by atoms with Crippen molar-refractivity contribution in [3.8, 4) is 79.3 Å². The summed E-state index contributed by atoms with van der Waals surface area (Å²) in [6, 6.07) is 70.2. The largest absolute Gasteiger partial charge is 3.00 e. The van der Waals surface area contributed by atoms with Crippen LogP contribution in [-0.2, 0) is 45.8 Å². The number of nitriles is 2. The summed E-state index contributed by atoms with van der Waals surface area (Å²) < 4.78 is 0. The van der Waals surface area contributed by atoms with Gasteiger partial charge in [-0.3, -0.25) is 0 Å². The molecule has 3 heterocycles. The molecule has 0 bridgehead atoms. The molecule has 0 aliphatic rings. The van der Waals surface area contributed by atoms with Gasteiger partial charge in [0, 0.05) is 18.6 Å². The van der Waals surface area contributed by atoms with Crippen LogP contribution in [0.4, 0.5) is 0 Å². The van der Waals surface area contributed by atoms with Crippen LogP contribution in [0.5, 0.6) is 0 Å². The van der Waals surface area contributed by atoms with Crippen LogP contribution < -0.4 is 0 Å². The molecule has 0 aliphatic carbocycles. The Labute approximate surface area is 382 Å². The molecule has 5 nitrogen and oxygen atoms in total. The van der Waals surface area contributed by atoms with Crippen molar-refractivity contribution in [2.24, 2.45) is 0 Å². The van der Waals surface area contributed by atoms with Gasteiger partial charge in [-0.2, -0.15) is 10.5 Å². The van der Waals surface area contributed by atoms with Gasteiger partial charge in [0.15, 0.2) is 0 Å². The summed E-state index contributed by atoms with van der Waals surface area (Å²) in [5, 5.41) is 19.9. The third kappa shape index (κ3) is 9.97. The number of aryl methyl sites for hydroxylation is 4. The molecule has 0 unspecified atom stereocenters. The molecule has 0 radical (unpaired) electrons. The van der Waals surface area contributed by atoms with Gasteiger partial charge < -0.3 is 15.0 Å². The maximum Gasteiger partial charge on any atom is 3.00 e. The molecule has 9 aromatic rings. The van der Waals surface area contributed by atoms with E-state index in [0.29, 0.717) is 11.1 Å². The second-order valence-electron chi connectivity index (χ2n) is 15.1. The van der Waals surface area contributed by atoms with E-state index >= 15 is 0 Å². The fourth-order valence-corrected chi connectivity index (χ4v) is 7.88. The Morgan fingerprint density at radius 1 is 0.381 bits per heavy atom. The van der Waals surface area contributed by atoms with E-state index in [9.17, 15) is 10.5 Å². The van der Waals surface area contributed by atoms with Crippen LogP contribution >= 0.6 is 0 Å². The van der Waals surface area contributed by atoms with Crippen molar-refractivity contribution in [1.82, 2.24) is 15.0 Å². The van der Waals surface area contributed by atoms with Crippen LogP contribution in [-0.4, -0.2) is 15.0 Å². The Balaban J connectivity index is 0.00000544. The summed E-state index contributed by atoms with van der Waals surface area (Å²) in [6.45, 7) is 0. The van der Waals surface area contributed by atoms with Crippen LogP contribution in [0.15, 0.2) is 182 Å². The Hall–Kier alpha value is -7.60. The van der Waals surface area contributed by atoms with E-state index in [1.807, 2.05) is 85.2 Å². The first kappa shape index (κ1) is 42.1. The molecular formula is C57H38IrN5. The fraction of sp³-hybridized carbons (Fsp3) is 0.0702. The minimum Gasteiger partial charge on any atom is -0.305 e. The van der Waals surface area contributed by atoms with E-state index in [1.54, 1.807) is 12.3 Å². The Morgan fingerprint density at radius 2 is 0.841 bits per heavy atom. The summed E-state index contributed by atoms with van der Waals surface area (Å²) >= 11 is 0. The normalized spacial score (nSPS) is 10.6. The Bertz CT molecular complexity index is 2930. The van der Waals surface area contributed by atoms with Crippen LogP contribution in [0.3, 0.4) is 0 Å². The van der Waals surface area contributed by atoms with Gasteiger partial charge in [0.1, 0.15) is 0 Å². The number of aromatic nitrogens is 3. The molecule has 6 heteroatoms. The smallest absolute Gasteiger partial charge is 0.305 e. The molecule has 63 heavy (non-hydrogen) atoms. The fourth-order valence-electron chi connectivity index (χ4n) is 7.88. The summed E-state index contributed by atoms with van der Waals surface area (Å²) in [4.78, 5) is 13.6. The van der Waals surface area contributed by atoms with Gasteiger partial charge in [-0.05, 0) is 94.1 Å². The van der Waals surface area contributed by atoms with Crippen molar-refractivity contribution < 1.29 is 20.1 Å². The zero-order chi connectivity index (χ0) is 42.1. The van der Waals surface area contributed by atoms with E-state index in [1.165, 1.54) is 22.3 Å². The van der Waals surface area contributed by atoms with Crippen molar-refractivity contribution in [3.63, 3.8) is 0 Å². The van der Waals surface area contributed by atoms with Crippen LogP contribution in [0.1, 0.15) is 33.4 Å². The van der Waals surface area contributed by atoms with Gasteiger partial charge in [-0.25, -0.2) is 0 Å². The topological polar surface area (TPSA) is 86.2 Å². The average Bonchev–Trinajstić information content (AvgIpc) is 3.35. The quantitative estimate of drug-likeness (QED) is 0.114. The summed E-state index contributed by atoms with van der Waals surface area (Å²) in [7, 11) is 0. The molecule has 0 amide bonds. The number of hydrogen-bond acceptors (Lipinski definition) is 5. The van der Waals surface area contributed by atoms with Crippen molar-refractivity contribution in [1.29, 1.82) is 10.5 Å². The van der Waals surface area contributed by atoms with Gasteiger partial charge in [-0.1, -0.05) is 108 Å². The molecule has 0 spiro atoms. The van der Waals surface area contributed by atoms with Crippen molar-refractivity contribution in [2.75, 3.05) is 0 Å². The van der Waals surface area contributed by atoms with Gasteiger partial charge in [0.05, 0.1) is 23.3 Å². The van der Waals surface area contributed by atoms with Crippen LogP contribution in [0.25, 0.3) is 67.2 Å². The second-order valence-corrected chi connectivity index (χ2v) is 15.1. The maximum atomic E-state index is 9.96.